The third kappa shape index (κ3) is 3.85. The molecule has 1 aliphatic rings. The summed E-state index contributed by atoms with van der Waals surface area (Å²) in [5, 5.41) is 0. The van der Waals surface area contributed by atoms with E-state index in [2.05, 4.69) is 4.37 Å². The standard InChI is InChI=1S/C14H22N2O3S/c1-9-6-11(18-12-7-10(2)20-15-12)8-16(9)13(17)19-14(3,4)5/h7,9,11H,6,8H2,1-5H3/t9-,11+/m0/s1. The van der Waals surface area contributed by atoms with Crippen molar-refractivity contribution in [3.63, 3.8) is 0 Å². The van der Waals surface area contributed by atoms with E-state index in [9.17, 15) is 4.79 Å². The van der Waals surface area contributed by atoms with E-state index in [0.29, 0.717) is 12.4 Å². The average molecular weight is 298 g/mol. The van der Waals surface area contributed by atoms with Gasteiger partial charge in [0, 0.05) is 23.4 Å². The van der Waals surface area contributed by atoms with E-state index < -0.39 is 5.60 Å². The number of hydrogen-bond acceptors (Lipinski definition) is 5. The first-order valence-corrected chi connectivity index (χ1v) is 7.61. The van der Waals surface area contributed by atoms with Crippen molar-refractivity contribution in [2.45, 2.75) is 58.8 Å². The molecular weight excluding hydrogens is 276 g/mol. The number of likely N-dealkylation sites (tertiary alicyclic amines) is 1. The largest absolute Gasteiger partial charge is 0.472 e. The molecule has 0 aliphatic carbocycles. The Morgan fingerprint density at radius 3 is 2.75 bits per heavy atom. The van der Waals surface area contributed by atoms with E-state index in [1.807, 2.05) is 40.7 Å². The smallest absolute Gasteiger partial charge is 0.410 e. The van der Waals surface area contributed by atoms with Crippen LogP contribution in [0, 0.1) is 6.92 Å². The maximum absolute atomic E-state index is 12.1. The van der Waals surface area contributed by atoms with E-state index in [4.69, 9.17) is 9.47 Å². The predicted octanol–water partition coefficient (Wildman–Crippen LogP) is 3.23. The molecular formula is C14H22N2O3S. The van der Waals surface area contributed by atoms with E-state index in [-0.39, 0.29) is 18.2 Å². The number of rotatable bonds is 2. The van der Waals surface area contributed by atoms with Crippen molar-refractivity contribution in [3.05, 3.63) is 10.9 Å². The summed E-state index contributed by atoms with van der Waals surface area (Å²) in [6.07, 6.45) is 0.514. The Kier molecular flexibility index (Phi) is 4.22. The quantitative estimate of drug-likeness (QED) is 0.841. The molecule has 1 aliphatic heterocycles. The zero-order valence-corrected chi connectivity index (χ0v) is 13.5. The van der Waals surface area contributed by atoms with E-state index in [1.54, 1.807) is 4.90 Å². The predicted molar refractivity (Wildman–Crippen MR) is 78.3 cm³/mol. The summed E-state index contributed by atoms with van der Waals surface area (Å²) in [5.74, 6) is 0.649. The molecule has 1 aromatic heterocycles. The molecule has 5 nitrogen and oxygen atoms in total. The molecule has 0 radical (unpaired) electrons. The van der Waals surface area contributed by atoms with Crippen molar-refractivity contribution in [1.29, 1.82) is 0 Å². The highest BCUT2D eigenvalue weighted by atomic mass is 32.1. The monoisotopic (exact) mass is 298 g/mol. The van der Waals surface area contributed by atoms with Crippen molar-refractivity contribution in [2.75, 3.05) is 6.54 Å². The average Bonchev–Trinajstić information content (AvgIpc) is 2.83. The van der Waals surface area contributed by atoms with E-state index in [0.717, 1.165) is 11.3 Å². The van der Waals surface area contributed by atoms with Gasteiger partial charge in [-0.1, -0.05) is 0 Å². The van der Waals surface area contributed by atoms with Gasteiger partial charge in [-0.25, -0.2) is 4.79 Å². The van der Waals surface area contributed by atoms with Crippen molar-refractivity contribution in [1.82, 2.24) is 9.27 Å². The van der Waals surface area contributed by atoms with Crippen LogP contribution in [0.3, 0.4) is 0 Å². The summed E-state index contributed by atoms with van der Waals surface area (Å²) >= 11 is 1.42. The summed E-state index contributed by atoms with van der Waals surface area (Å²) in [7, 11) is 0. The first-order chi connectivity index (χ1) is 9.24. The summed E-state index contributed by atoms with van der Waals surface area (Å²) in [5.41, 5.74) is -0.470. The number of carbonyl (C=O) groups excluding carboxylic acids is 1. The van der Waals surface area contributed by atoms with Gasteiger partial charge in [-0.15, -0.1) is 0 Å². The summed E-state index contributed by atoms with van der Waals surface area (Å²) in [6, 6.07) is 2.04. The number of aromatic nitrogens is 1. The molecule has 0 bridgehead atoms. The topological polar surface area (TPSA) is 51.7 Å². The normalized spacial score (nSPS) is 22.9. The number of ether oxygens (including phenoxy) is 2. The number of hydrogen-bond donors (Lipinski definition) is 0. The Balaban J connectivity index is 1.93. The van der Waals surface area contributed by atoms with Gasteiger partial charge < -0.3 is 14.4 Å². The maximum Gasteiger partial charge on any atom is 0.410 e. The minimum Gasteiger partial charge on any atom is -0.472 e. The third-order valence-corrected chi connectivity index (χ3v) is 3.74. The number of aryl methyl sites for hydroxylation is 1. The lowest BCUT2D eigenvalue weighted by Crippen LogP contribution is -2.39. The third-order valence-electron chi connectivity index (χ3n) is 3.06. The van der Waals surface area contributed by atoms with Crippen molar-refractivity contribution < 1.29 is 14.3 Å². The lowest BCUT2D eigenvalue weighted by Gasteiger charge is -2.26. The second-order valence-corrected chi connectivity index (χ2v) is 7.24. The van der Waals surface area contributed by atoms with Crippen LogP contribution in [-0.2, 0) is 4.74 Å². The van der Waals surface area contributed by atoms with Crippen LogP contribution < -0.4 is 4.74 Å². The van der Waals surface area contributed by atoms with Crippen LogP contribution in [0.1, 0.15) is 39.0 Å². The SMILES string of the molecule is Cc1cc(O[C@@H]2C[C@H](C)N(C(=O)OC(C)(C)C)C2)ns1. The van der Waals surface area contributed by atoms with Crippen LogP contribution in [0.5, 0.6) is 5.88 Å². The molecule has 112 valence electrons. The lowest BCUT2D eigenvalue weighted by molar-refractivity contribution is 0.0223. The molecule has 2 heterocycles. The molecule has 2 rings (SSSR count). The Bertz CT molecular complexity index is 481. The molecule has 0 saturated carbocycles. The van der Waals surface area contributed by atoms with Crippen LogP contribution >= 0.6 is 11.5 Å². The van der Waals surface area contributed by atoms with E-state index >= 15 is 0 Å². The number of carbonyl (C=O) groups is 1. The Hall–Kier alpha value is -1.30. The van der Waals surface area contributed by atoms with Crippen LogP contribution in [0.15, 0.2) is 6.07 Å². The summed E-state index contributed by atoms with van der Waals surface area (Å²) in [4.78, 5) is 15.0. The van der Waals surface area contributed by atoms with Crippen LogP contribution in [-0.4, -0.2) is 39.7 Å². The fourth-order valence-corrected chi connectivity index (χ4v) is 2.70. The fraction of sp³-hybridized carbons (Fsp3) is 0.714. The van der Waals surface area contributed by atoms with E-state index in [1.165, 1.54) is 11.5 Å². The van der Waals surface area contributed by atoms with Crippen LogP contribution in [0.25, 0.3) is 0 Å². The zero-order valence-electron chi connectivity index (χ0n) is 12.7. The Morgan fingerprint density at radius 1 is 1.50 bits per heavy atom. The van der Waals surface area contributed by atoms with Gasteiger partial charge in [-0.3, -0.25) is 0 Å². The second kappa shape index (κ2) is 5.60. The molecule has 0 aromatic carbocycles. The van der Waals surface area contributed by atoms with Gasteiger partial charge in [0.2, 0.25) is 5.88 Å². The highest BCUT2D eigenvalue weighted by Gasteiger charge is 2.36. The van der Waals surface area contributed by atoms with Crippen molar-refractivity contribution >= 4 is 17.6 Å². The first-order valence-electron chi connectivity index (χ1n) is 6.84. The minimum atomic E-state index is -0.470. The molecule has 6 heteroatoms. The van der Waals surface area contributed by atoms with Gasteiger partial charge >= 0.3 is 6.09 Å². The lowest BCUT2D eigenvalue weighted by atomic mass is 10.2. The molecule has 0 spiro atoms. The first kappa shape index (κ1) is 15.1. The summed E-state index contributed by atoms with van der Waals surface area (Å²) < 4.78 is 15.5. The zero-order chi connectivity index (χ0) is 14.9. The van der Waals surface area contributed by atoms with Crippen LogP contribution in [0.4, 0.5) is 4.79 Å². The number of amides is 1. The summed E-state index contributed by atoms with van der Waals surface area (Å²) in [6.45, 7) is 10.2. The minimum absolute atomic E-state index is 0.0148. The van der Waals surface area contributed by atoms with Gasteiger partial charge in [-0.2, -0.15) is 4.37 Å². The molecule has 20 heavy (non-hydrogen) atoms. The van der Waals surface area contributed by atoms with Crippen molar-refractivity contribution in [2.24, 2.45) is 0 Å². The van der Waals surface area contributed by atoms with Gasteiger partial charge in [0.1, 0.15) is 11.7 Å². The Morgan fingerprint density at radius 2 is 2.20 bits per heavy atom. The van der Waals surface area contributed by atoms with Gasteiger partial charge in [0.15, 0.2) is 0 Å². The van der Waals surface area contributed by atoms with Gasteiger partial charge in [0.25, 0.3) is 0 Å². The highest BCUT2D eigenvalue weighted by Crippen LogP contribution is 2.25. The molecule has 0 N–H and O–H groups in total. The van der Waals surface area contributed by atoms with Gasteiger partial charge in [0.05, 0.1) is 6.54 Å². The fourth-order valence-electron chi connectivity index (χ4n) is 2.21. The molecule has 0 unspecified atom stereocenters. The maximum atomic E-state index is 12.1. The molecule has 1 amide bonds. The second-order valence-electron chi connectivity index (χ2n) is 6.23. The molecule has 2 atom stereocenters. The van der Waals surface area contributed by atoms with Gasteiger partial charge in [-0.05, 0) is 46.2 Å². The highest BCUT2D eigenvalue weighted by molar-refractivity contribution is 7.05. The molecule has 1 fully saturated rings. The number of nitrogens with zero attached hydrogens (tertiary/aromatic N) is 2. The molecule has 1 saturated heterocycles. The Labute approximate surface area is 124 Å². The van der Waals surface area contributed by atoms with Crippen LogP contribution in [0.2, 0.25) is 0 Å². The van der Waals surface area contributed by atoms with Crippen molar-refractivity contribution in [3.8, 4) is 5.88 Å². The molecule has 1 aromatic rings.